The molecule has 0 bridgehead atoms. The molecule has 1 N–H and O–H groups in total. The largest absolute Gasteiger partial charge is 0.460 e. The van der Waals surface area contributed by atoms with E-state index in [0.717, 1.165) is 24.3 Å². The molecule has 1 atom stereocenters. The van der Waals surface area contributed by atoms with Crippen molar-refractivity contribution in [2.45, 2.75) is 42.4 Å². The Balaban J connectivity index is 2.90. The summed E-state index contributed by atoms with van der Waals surface area (Å²) in [5, 5.41) is 9.81. The Kier molecular flexibility index (Phi) is 7.61. The molecule has 0 aliphatic heterocycles. The molecule has 0 aliphatic rings. The first-order valence-electron chi connectivity index (χ1n) is 8.05. The van der Waals surface area contributed by atoms with Crippen molar-refractivity contribution in [3.05, 3.63) is 47.8 Å². The third-order valence-corrected chi connectivity index (χ3v) is 3.97. The summed E-state index contributed by atoms with van der Waals surface area (Å²) in [5.41, 5.74) is -0.917. The average molecular weight is 492 g/mol. The molecule has 0 spiro atoms. The van der Waals surface area contributed by atoms with E-state index in [2.05, 4.69) is 11.3 Å². The van der Waals surface area contributed by atoms with E-state index in [-0.39, 0.29) is 5.56 Å². The highest BCUT2D eigenvalue weighted by Gasteiger charge is 2.87. The number of carbonyl (C=O) groups excluding carboxylic acids is 1. The second kappa shape index (κ2) is 8.83. The summed E-state index contributed by atoms with van der Waals surface area (Å²) in [7, 11) is 0. The summed E-state index contributed by atoms with van der Waals surface area (Å²) in [6, 6.07) is 3.85. The molecule has 1 aromatic carbocycles. The van der Waals surface area contributed by atoms with Crippen LogP contribution in [0.5, 0.6) is 0 Å². The molecule has 1 unspecified atom stereocenters. The molecular weight excluding hydrogens is 480 g/mol. The van der Waals surface area contributed by atoms with E-state index in [1.807, 2.05) is 0 Å². The normalized spacial score (nSPS) is 14.8. The van der Waals surface area contributed by atoms with Gasteiger partial charge in [0.25, 0.3) is 0 Å². The van der Waals surface area contributed by atoms with E-state index in [4.69, 9.17) is 0 Å². The van der Waals surface area contributed by atoms with Gasteiger partial charge in [-0.2, -0.15) is 48.3 Å². The van der Waals surface area contributed by atoms with Gasteiger partial charge in [0.1, 0.15) is 5.82 Å². The SMILES string of the molecule is C=C(CC(O)c1ccc(F)cc1)C(=O)OCC(F)(F)C(F)(F)C(F)(F)C(F)(F)C(F)(F)F. The van der Waals surface area contributed by atoms with Gasteiger partial charge in [0, 0.05) is 12.0 Å². The molecule has 182 valence electrons. The van der Waals surface area contributed by atoms with Crippen LogP contribution in [0.3, 0.4) is 0 Å². The minimum absolute atomic E-state index is 0.0220. The van der Waals surface area contributed by atoms with Crippen LogP contribution in [0.15, 0.2) is 36.4 Å². The maximum atomic E-state index is 13.5. The van der Waals surface area contributed by atoms with E-state index < -0.39 is 66.4 Å². The molecule has 0 aromatic heterocycles. The molecule has 0 fully saturated rings. The lowest BCUT2D eigenvalue weighted by atomic mass is 9.98. The van der Waals surface area contributed by atoms with E-state index in [1.165, 1.54) is 0 Å². The minimum atomic E-state index is -7.62. The zero-order valence-electron chi connectivity index (χ0n) is 15.3. The van der Waals surface area contributed by atoms with Crippen molar-refractivity contribution >= 4 is 5.97 Å². The molecule has 1 rings (SSSR count). The first-order chi connectivity index (χ1) is 14.2. The highest BCUT2D eigenvalue weighted by Crippen LogP contribution is 2.57. The van der Waals surface area contributed by atoms with Gasteiger partial charge < -0.3 is 9.84 Å². The first-order valence-corrected chi connectivity index (χ1v) is 8.05. The van der Waals surface area contributed by atoms with Gasteiger partial charge in [0.15, 0.2) is 6.61 Å². The molecule has 0 heterocycles. The van der Waals surface area contributed by atoms with Crippen LogP contribution in [0.2, 0.25) is 0 Å². The monoisotopic (exact) mass is 492 g/mol. The van der Waals surface area contributed by atoms with Gasteiger partial charge >= 0.3 is 35.8 Å². The van der Waals surface area contributed by atoms with Gasteiger partial charge in [-0.3, -0.25) is 0 Å². The van der Waals surface area contributed by atoms with Crippen LogP contribution in [0, 0.1) is 5.82 Å². The first kappa shape index (κ1) is 27.6. The molecule has 32 heavy (non-hydrogen) atoms. The zero-order valence-corrected chi connectivity index (χ0v) is 15.3. The molecule has 0 amide bonds. The minimum Gasteiger partial charge on any atom is -0.456 e. The zero-order chi connectivity index (χ0) is 25.3. The lowest BCUT2D eigenvalue weighted by molar-refractivity contribution is -0.423. The Morgan fingerprint density at radius 1 is 0.875 bits per heavy atom. The van der Waals surface area contributed by atoms with E-state index in [9.17, 15) is 62.6 Å². The molecule has 0 radical (unpaired) electrons. The highest BCUT2D eigenvalue weighted by atomic mass is 19.4. The Labute approximate surface area is 171 Å². The van der Waals surface area contributed by atoms with Crippen LogP contribution in [0.25, 0.3) is 0 Å². The second-order valence-corrected chi connectivity index (χ2v) is 6.38. The molecule has 3 nitrogen and oxygen atoms in total. The number of aliphatic hydroxyl groups is 1. The second-order valence-electron chi connectivity index (χ2n) is 6.38. The number of halogens is 12. The highest BCUT2D eigenvalue weighted by molar-refractivity contribution is 5.87. The summed E-state index contributed by atoms with van der Waals surface area (Å²) in [6.45, 7) is -0.0569. The number of hydrogen-bond donors (Lipinski definition) is 1. The van der Waals surface area contributed by atoms with Crippen molar-refractivity contribution in [1.82, 2.24) is 0 Å². The van der Waals surface area contributed by atoms with Gasteiger partial charge in [-0.25, -0.2) is 9.18 Å². The van der Waals surface area contributed by atoms with Crippen molar-refractivity contribution in [2.75, 3.05) is 6.61 Å². The predicted octanol–water partition coefficient (Wildman–Crippen LogP) is 5.45. The van der Waals surface area contributed by atoms with Crippen LogP contribution in [0.4, 0.5) is 52.7 Å². The number of esters is 1. The van der Waals surface area contributed by atoms with E-state index >= 15 is 0 Å². The number of benzene rings is 1. The Bertz CT molecular complexity index is 830. The van der Waals surface area contributed by atoms with Crippen LogP contribution >= 0.6 is 0 Å². The summed E-state index contributed by atoms with van der Waals surface area (Å²) < 4.78 is 158. The average Bonchev–Trinajstić information content (AvgIpc) is 2.65. The molecule has 0 saturated heterocycles. The topological polar surface area (TPSA) is 46.5 Å². The third kappa shape index (κ3) is 5.13. The number of alkyl halides is 11. The maximum absolute atomic E-state index is 13.5. The van der Waals surface area contributed by atoms with Crippen molar-refractivity contribution in [3.63, 3.8) is 0 Å². The summed E-state index contributed by atoms with van der Waals surface area (Å²) in [4.78, 5) is 11.6. The number of rotatable bonds is 9. The quantitative estimate of drug-likeness (QED) is 0.283. The van der Waals surface area contributed by atoms with Gasteiger partial charge in [-0.05, 0) is 17.7 Å². The summed E-state index contributed by atoms with van der Waals surface area (Å²) in [6.07, 6.45) is -9.74. The Morgan fingerprint density at radius 3 is 1.78 bits per heavy atom. The van der Waals surface area contributed by atoms with Crippen molar-refractivity contribution < 1.29 is 67.3 Å². The number of hydrogen-bond acceptors (Lipinski definition) is 3. The van der Waals surface area contributed by atoms with Crippen molar-refractivity contribution in [3.8, 4) is 0 Å². The molecule has 0 saturated carbocycles. The van der Waals surface area contributed by atoms with E-state index in [0.29, 0.717) is 0 Å². The number of aliphatic hydroxyl groups excluding tert-OH is 1. The van der Waals surface area contributed by atoms with Gasteiger partial charge in [-0.15, -0.1) is 0 Å². The van der Waals surface area contributed by atoms with Crippen molar-refractivity contribution in [1.29, 1.82) is 0 Å². The molecule has 0 aliphatic carbocycles. The van der Waals surface area contributed by atoms with Crippen LogP contribution < -0.4 is 0 Å². The Morgan fingerprint density at radius 2 is 1.34 bits per heavy atom. The molecular formula is C17H12F12O3. The van der Waals surface area contributed by atoms with Gasteiger partial charge in [0.05, 0.1) is 6.10 Å². The van der Waals surface area contributed by atoms with Crippen molar-refractivity contribution in [2.24, 2.45) is 0 Å². The van der Waals surface area contributed by atoms with Gasteiger partial charge in [0.2, 0.25) is 0 Å². The number of carbonyl (C=O) groups is 1. The number of ether oxygens (including phenoxy) is 1. The van der Waals surface area contributed by atoms with E-state index in [1.54, 1.807) is 0 Å². The smallest absolute Gasteiger partial charge is 0.456 e. The summed E-state index contributed by atoms with van der Waals surface area (Å²) in [5.74, 6) is -31.6. The third-order valence-electron chi connectivity index (χ3n) is 3.97. The van der Waals surface area contributed by atoms with Gasteiger partial charge in [-0.1, -0.05) is 18.7 Å². The van der Waals surface area contributed by atoms with Crippen LogP contribution in [-0.4, -0.2) is 47.5 Å². The molecule has 1 aromatic rings. The Hall–Kier alpha value is -2.45. The fourth-order valence-corrected chi connectivity index (χ4v) is 2.07. The summed E-state index contributed by atoms with van der Waals surface area (Å²) >= 11 is 0. The molecule has 15 heteroatoms. The lowest BCUT2D eigenvalue weighted by Crippen LogP contribution is -2.67. The lowest BCUT2D eigenvalue weighted by Gasteiger charge is -2.36. The van der Waals surface area contributed by atoms with Crippen LogP contribution in [-0.2, 0) is 9.53 Å². The van der Waals surface area contributed by atoms with Crippen LogP contribution in [0.1, 0.15) is 18.1 Å². The standard InChI is InChI=1S/C17H12F12O3/c1-8(6-11(30)9-2-4-10(18)5-3-9)12(31)32-7-13(19,20)14(21,22)15(23,24)16(25,26)17(27,28)29/h2-5,11,30H,1,6-7H2. The predicted molar refractivity (Wildman–Crippen MR) is 81.9 cm³/mol. The maximum Gasteiger partial charge on any atom is 0.460 e. The fourth-order valence-electron chi connectivity index (χ4n) is 2.07. The fraction of sp³-hybridized carbons (Fsp3) is 0.471.